The van der Waals surface area contributed by atoms with Gasteiger partial charge in [-0.1, -0.05) is 13.8 Å². The van der Waals surface area contributed by atoms with Gasteiger partial charge < -0.3 is 5.32 Å². The zero-order chi connectivity index (χ0) is 10.1. The normalized spacial score (nSPS) is 30.0. The van der Waals surface area contributed by atoms with E-state index < -0.39 is 11.8 Å². The second-order valence-corrected chi connectivity index (χ2v) is 3.69. The lowest BCUT2D eigenvalue weighted by Crippen LogP contribution is -2.46. The Labute approximate surface area is 76.7 Å². The Kier molecular flexibility index (Phi) is 2.88. The average molecular weight is 191 g/mol. The molecule has 1 heterocycles. The van der Waals surface area contributed by atoms with Gasteiger partial charge in [-0.15, -0.1) is 0 Å². The van der Waals surface area contributed by atoms with Crippen LogP contribution in [0.15, 0.2) is 0 Å². The standard InChI is InChI=1S/C9H15F2NO/c1-3-9(10,11)7-4-6(2)8(13)12-5-7/h6-7H,3-5H2,1-2H3,(H,12,13). The number of carbonyl (C=O) groups excluding carboxylic acids is 1. The highest BCUT2D eigenvalue weighted by Crippen LogP contribution is 2.34. The van der Waals surface area contributed by atoms with Gasteiger partial charge in [-0.05, 0) is 6.42 Å². The summed E-state index contributed by atoms with van der Waals surface area (Å²) in [6.45, 7) is 3.28. The van der Waals surface area contributed by atoms with E-state index in [1.54, 1.807) is 6.92 Å². The Morgan fingerprint density at radius 2 is 2.23 bits per heavy atom. The summed E-state index contributed by atoms with van der Waals surface area (Å²) in [5, 5.41) is 2.50. The van der Waals surface area contributed by atoms with Crippen LogP contribution in [0.5, 0.6) is 0 Å². The average Bonchev–Trinajstić information content (AvgIpc) is 2.09. The monoisotopic (exact) mass is 191 g/mol. The molecule has 0 spiro atoms. The minimum atomic E-state index is -2.64. The molecule has 4 heteroatoms. The number of carbonyl (C=O) groups is 1. The van der Waals surface area contributed by atoms with E-state index in [9.17, 15) is 13.6 Å². The van der Waals surface area contributed by atoms with Crippen molar-refractivity contribution in [3.63, 3.8) is 0 Å². The molecule has 1 saturated heterocycles. The number of rotatable bonds is 2. The van der Waals surface area contributed by atoms with Gasteiger partial charge in [0.15, 0.2) is 0 Å². The van der Waals surface area contributed by atoms with Gasteiger partial charge in [0.2, 0.25) is 5.91 Å². The SMILES string of the molecule is CCC(F)(F)C1CNC(=O)C(C)C1. The molecule has 1 fully saturated rings. The number of piperidine rings is 1. The van der Waals surface area contributed by atoms with Crippen LogP contribution in [0.25, 0.3) is 0 Å². The van der Waals surface area contributed by atoms with Crippen molar-refractivity contribution >= 4 is 5.91 Å². The summed E-state index contributed by atoms with van der Waals surface area (Å²) in [4.78, 5) is 11.0. The van der Waals surface area contributed by atoms with Gasteiger partial charge in [-0.2, -0.15) is 0 Å². The van der Waals surface area contributed by atoms with Gasteiger partial charge in [-0.25, -0.2) is 8.78 Å². The van der Waals surface area contributed by atoms with Crippen LogP contribution < -0.4 is 5.32 Å². The van der Waals surface area contributed by atoms with E-state index in [1.807, 2.05) is 0 Å². The molecule has 0 aliphatic carbocycles. The van der Waals surface area contributed by atoms with Crippen molar-refractivity contribution in [2.75, 3.05) is 6.54 Å². The number of hydrogen-bond donors (Lipinski definition) is 1. The molecule has 0 aromatic heterocycles. The second kappa shape index (κ2) is 3.60. The highest BCUT2D eigenvalue weighted by molar-refractivity contribution is 5.79. The maximum absolute atomic E-state index is 13.2. The summed E-state index contributed by atoms with van der Waals surface area (Å²) in [5.41, 5.74) is 0. The third-order valence-electron chi connectivity index (χ3n) is 2.68. The van der Waals surface area contributed by atoms with E-state index in [4.69, 9.17) is 0 Å². The molecule has 1 aliphatic heterocycles. The molecule has 1 amide bonds. The third-order valence-corrected chi connectivity index (χ3v) is 2.68. The van der Waals surface area contributed by atoms with Crippen molar-refractivity contribution in [1.29, 1.82) is 0 Å². The Morgan fingerprint density at radius 3 is 2.69 bits per heavy atom. The first-order valence-electron chi connectivity index (χ1n) is 4.63. The molecule has 2 atom stereocenters. The first-order chi connectivity index (χ1) is 5.97. The zero-order valence-corrected chi connectivity index (χ0v) is 7.94. The van der Waals surface area contributed by atoms with Crippen LogP contribution >= 0.6 is 0 Å². The van der Waals surface area contributed by atoms with Crippen LogP contribution in [0.2, 0.25) is 0 Å². The van der Waals surface area contributed by atoms with Crippen LogP contribution in [0.1, 0.15) is 26.7 Å². The molecule has 1 rings (SSSR count). The molecular weight excluding hydrogens is 176 g/mol. The molecule has 1 N–H and O–H groups in total. The molecule has 0 bridgehead atoms. The number of alkyl halides is 2. The lowest BCUT2D eigenvalue weighted by atomic mass is 9.86. The Balaban J connectivity index is 2.60. The summed E-state index contributed by atoms with van der Waals surface area (Å²) in [6, 6.07) is 0. The van der Waals surface area contributed by atoms with Gasteiger partial charge in [0, 0.05) is 24.8 Å². The maximum atomic E-state index is 13.2. The number of nitrogens with one attached hydrogen (secondary N) is 1. The molecule has 0 aromatic carbocycles. The highest BCUT2D eigenvalue weighted by Gasteiger charge is 2.41. The fraction of sp³-hybridized carbons (Fsp3) is 0.889. The molecule has 13 heavy (non-hydrogen) atoms. The van der Waals surface area contributed by atoms with Gasteiger partial charge in [0.25, 0.3) is 5.92 Å². The molecule has 1 aliphatic rings. The van der Waals surface area contributed by atoms with Crippen LogP contribution in [0, 0.1) is 11.8 Å². The zero-order valence-electron chi connectivity index (χ0n) is 7.94. The molecular formula is C9H15F2NO. The van der Waals surface area contributed by atoms with E-state index in [1.165, 1.54) is 6.92 Å². The summed E-state index contributed by atoms with van der Waals surface area (Å²) in [7, 11) is 0. The first-order valence-corrected chi connectivity index (χ1v) is 4.63. The van der Waals surface area contributed by atoms with Crippen molar-refractivity contribution in [2.45, 2.75) is 32.6 Å². The number of amides is 1. The van der Waals surface area contributed by atoms with E-state index in [0.29, 0.717) is 6.42 Å². The third kappa shape index (κ3) is 2.17. The van der Waals surface area contributed by atoms with E-state index in [-0.39, 0.29) is 24.8 Å². The summed E-state index contributed by atoms with van der Waals surface area (Å²) < 4.78 is 26.4. The van der Waals surface area contributed by atoms with Crippen molar-refractivity contribution in [2.24, 2.45) is 11.8 Å². The predicted octanol–water partition coefficient (Wildman–Crippen LogP) is 1.80. The first kappa shape index (κ1) is 10.4. The van der Waals surface area contributed by atoms with Crippen molar-refractivity contribution < 1.29 is 13.6 Å². The van der Waals surface area contributed by atoms with E-state index in [0.717, 1.165) is 0 Å². The quantitative estimate of drug-likeness (QED) is 0.708. The fourth-order valence-corrected chi connectivity index (χ4v) is 1.63. The van der Waals surface area contributed by atoms with Gasteiger partial charge in [-0.3, -0.25) is 4.79 Å². The number of hydrogen-bond acceptors (Lipinski definition) is 1. The largest absolute Gasteiger partial charge is 0.355 e. The molecule has 2 unspecified atom stereocenters. The van der Waals surface area contributed by atoms with Gasteiger partial charge in [0.1, 0.15) is 0 Å². The lowest BCUT2D eigenvalue weighted by molar-refractivity contribution is -0.132. The van der Waals surface area contributed by atoms with E-state index >= 15 is 0 Å². The topological polar surface area (TPSA) is 29.1 Å². The predicted molar refractivity (Wildman–Crippen MR) is 45.5 cm³/mol. The smallest absolute Gasteiger partial charge is 0.252 e. The van der Waals surface area contributed by atoms with Crippen LogP contribution in [-0.2, 0) is 4.79 Å². The Hall–Kier alpha value is -0.670. The highest BCUT2D eigenvalue weighted by atomic mass is 19.3. The second-order valence-electron chi connectivity index (χ2n) is 3.69. The van der Waals surface area contributed by atoms with Crippen molar-refractivity contribution in [1.82, 2.24) is 5.32 Å². The summed E-state index contributed by atoms with van der Waals surface area (Å²) in [5.74, 6) is -3.72. The van der Waals surface area contributed by atoms with Gasteiger partial charge >= 0.3 is 0 Å². The van der Waals surface area contributed by atoms with Crippen LogP contribution in [0.3, 0.4) is 0 Å². The minimum Gasteiger partial charge on any atom is -0.355 e. The summed E-state index contributed by atoms with van der Waals surface area (Å²) >= 11 is 0. The van der Waals surface area contributed by atoms with Crippen LogP contribution in [0.4, 0.5) is 8.78 Å². The lowest BCUT2D eigenvalue weighted by Gasteiger charge is -2.32. The number of halogens is 2. The van der Waals surface area contributed by atoms with Crippen molar-refractivity contribution in [3.05, 3.63) is 0 Å². The van der Waals surface area contributed by atoms with E-state index in [2.05, 4.69) is 5.32 Å². The Bertz CT molecular complexity index is 206. The fourth-order valence-electron chi connectivity index (χ4n) is 1.63. The van der Waals surface area contributed by atoms with Crippen LogP contribution in [-0.4, -0.2) is 18.4 Å². The maximum Gasteiger partial charge on any atom is 0.252 e. The molecule has 0 aromatic rings. The molecule has 2 nitrogen and oxygen atoms in total. The summed E-state index contributed by atoms with van der Waals surface area (Å²) in [6.07, 6.45) is 0.146. The van der Waals surface area contributed by atoms with Gasteiger partial charge in [0.05, 0.1) is 0 Å². The Morgan fingerprint density at radius 1 is 1.62 bits per heavy atom. The molecule has 0 radical (unpaired) electrons. The molecule has 0 saturated carbocycles. The molecule has 76 valence electrons. The minimum absolute atomic E-state index is 0.108. The van der Waals surface area contributed by atoms with Crippen molar-refractivity contribution in [3.8, 4) is 0 Å².